The molecule has 1 N–H and O–H groups in total. The number of nitrogens with zero attached hydrogens (tertiary/aromatic N) is 2. The molecule has 0 saturated heterocycles. The van der Waals surface area contributed by atoms with Crippen molar-refractivity contribution in [2.45, 2.75) is 33.2 Å². The van der Waals surface area contributed by atoms with Crippen LogP contribution in [0, 0.1) is 13.8 Å². The van der Waals surface area contributed by atoms with Crippen molar-refractivity contribution in [3.8, 4) is 0 Å². The highest BCUT2D eigenvalue weighted by atomic mass is 15.2. The van der Waals surface area contributed by atoms with Crippen molar-refractivity contribution in [3.05, 3.63) is 52.8 Å². The lowest BCUT2D eigenvalue weighted by Gasteiger charge is -2.19. The van der Waals surface area contributed by atoms with E-state index in [0.29, 0.717) is 6.04 Å². The number of nitrogens with one attached hydrogen (secondary N) is 1. The third kappa shape index (κ3) is 3.67. The molecule has 0 aliphatic carbocycles. The summed E-state index contributed by atoms with van der Waals surface area (Å²) in [4.78, 5) is 0. The van der Waals surface area contributed by atoms with Crippen LogP contribution in [0.3, 0.4) is 0 Å². The topological polar surface area (TPSA) is 29.9 Å². The van der Waals surface area contributed by atoms with Gasteiger partial charge in [0.2, 0.25) is 0 Å². The Labute approximate surface area is 115 Å². The van der Waals surface area contributed by atoms with Gasteiger partial charge in [-0.25, -0.2) is 0 Å². The average Bonchev–Trinajstić information content (AvgIpc) is 2.73. The summed E-state index contributed by atoms with van der Waals surface area (Å²) in [5.41, 5.74) is 5.28. The number of aromatic nitrogens is 2. The van der Waals surface area contributed by atoms with E-state index in [2.05, 4.69) is 55.6 Å². The van der Waals surface area contributed by atoms with E-state index in [1.807, 2.05) is 17.9 Å². The minimum Gasteiger partial charge on any atom is -0.310 e. The number of aryl methyl sites for hydroxylation is 3. The molecule has 1 heterocycles. The smallest absolute Gasteiger partial charge is 0.0522 e. The lowest BCUT2D eigenvalue weighted by molar-refractivity contribution is 0.549. The van der Waals surface area contributed by atoms with Gasteiger partial charge in [-0.2, -0.15) is 5.10 Å². The Kier molecular flexibility index (Phi) is 4.38. The molecule has 0 bridgehead atoms. The summed E-state index contributed by atoms with van der Waals surface area (Å²) in [7, 11) is 1.96. The van der Waals surface area contributed by atoms with E-state index in [1.165, 1.54) is 22.3 Å². The zero-order valence-corrected chi connectivity index (χ0v) is 12.3. The minimum atomic E-state index is 0.354. The number of hydrogen-bond donors (Lipinski definition) is 1. The first kappa shape index (κ1) is 13.8. The average molecular weight is 257 g/mol. The quantitative estimate of drug-likeness (QED) is 0.892. The second-order valence-corrected chi connectivity index (χ2v) is 5.26. The Hall–Kier alpha value is -1.61. The molecular formula is C16H23N3. The summed E-state index contributed by atoms with van der Waals surface area (Å²) in [6, 6.07) is 7.12. The van der Waals surface area contributed by atoms with Crippen LogP contribution in [0.2, 0.25) is 0 Å². The summed E-state index contributed by atoms with van der Waals surface area (Å²) < 4.78 is 1.86. The van der Waals surface area contributed by atoms with Crippen molar-refractivity contribution in [3.63, 3.8) is 0 Å². The number of benzene rings is 1. The summed E-state index contributed by atoms with van der Waals surface area (Å²) in [5.74, 6) is 0. The van der Waals surface area contributed by atoms with E-state index < -0.39 is 0 Å². The molecule has 0 spiro atoms. The maximum atomic E-state index is 4.25. The Balaban J connectivity index is 2.23. The summed E-state index contributed by atoms with van der Waals surface area (Å²) in [6.45, 7) is 7.43. The van der Waals surface area contributed by atoms with Crippen molar-refractivity contribution in [2.24, 2.45) is 7.05 Å². The van der Waals surface area contributed by atoms with Gasteiger partial charge in [-0.1, -0.05) is 36.2 Å². The molecule has 0 fully saturated rings. The standard InChI is InChI=1S/C16H23N3/c1-5-17-16(9-14-10-18-19(4)11-14)15-7-12(2)6-13(3)8-15/h6-8,10-11,16-17H,5,9H2,1-4H3. The zero-order valence-electron chi connectivity index (χ0n) is 12.3. The van der Waals surface area contributed by atoms with E-state index in [-0.39, 0.29) is 0 Å². The van der Waals surface area contributed by atoms with Gasteiger partial charge in [-0.15, -0.1) is 0 Å². The Morgan fingerprint density at radius 1 is 1.21 bits per heavy atom. The molecule has 19 heavy (non-hydrogen) atoms. The number of hydrogen-bond acceptors (Lipinski definition) is 2. The third-order valence-corrected chi connectivity index (χ3v) is 3.30. The molecule has 0 aliphatic heterocycles. The van der Waals surface area contributed by atoms with Crippen molar-refractivity contribution in [1.29, 1.82) is 0 Å². The van der Waals surface area contributed by atoms with Crippen LogP contribution in [0.5, 0.6) is 0 Å². The highest BCUT2D eigenvalue weighted by Crippen LogP contribution is 2.21. The fraction of sp³-hybridized carbons (Fsp3) is 0.438. The number of rotatable bonds is 5. The molecule has 3 heteroatoms. The summed E-state index contributed by atoms with van der Waals surface area (Å²) >= 11 is 0. The first-order valence-electron chi connectivity index (χ1n) is 6.87. The molecule has 1 aromatic heterocycles. The lowest BCUT2D eigenvalue weighted by atomic mass is 9.97. The van der Waals surface area contributed by atoms with Gasteiger partial charge in [0.05, 0.1) is 6.20 Å². The Bertz CT molecular complexity index is 522. The van der Waals surface area contributed by atoms with Gasteiger partial charge in [0, 0.05) is 19.3 Å². The molecule has 102 valence electrons. The number of likely N-dealkylation sites (N-methyl/N-ethyl adjacent to an activating group) is 1. The van der Waals surface area contributed by atoms with E-state index in [0.717, 1.165) is 13.0 Å². The maximum absolute atomic E-state index is 4.25. The van der Waals surface area contributed by atoms with Gasteiger partial charge in [0.15, 0.2) is 0 Å². The van der Waals surface area contributed by atoms with E-state index in [4.69, 9.17) is 0 Å². The van der Waals surface area contributed by atoms with Crippen LogP contribution in [0.1, 0.15) is 35.2 Å². The first-order valence-corrected chi connectivity index (χ1v) is 6.87. The van der Waals surface area contributed by atoms with Gasteiger partial charge in [-0.3, -0.25) is 4.68 Å². The highest BCUT2D eigenvalue weighted by Gasteiger charge is 2.12. The van der Waals surface area contributed by atoms with Crippen LogP contribution in [0.25, 0.3) is 0 Å². The van der Waals surface area contributed by atoms with Crippen LogP contribution in [0.15, 0.2) is 30.6 Å². The monoisotopic (exact) mass is 257 g/mol. The normalized spacial score (nSPS) is 12.6. The first-order chi connectivity index (χ1) is 9.08. The Morgan fingerprint density at radius 3 is 2.42 bits per heavy atom. The fourth-order valence-electron chi connectivity index (χ4n) is 2.58. The largest absolute Gasteiger partial charge is 0.310 e. The molecule has 1 aromatic carbocycles. The SMILES string of the molecule is CCNC(Cc1cnn(C)c1)c1cc(C)cc(C)c1. The molecule has 1 atom stereocenters. The van der Waals surface area contributed by atoms with Crippen LogP contribution in [-0.2, 0) is 13.5 Å². The van der Waals surface area contributed by atoms with Gasteiger partial charge in [0.1, 0.15) is 0 Å². The van der Waals surface area contributed by atoms with Gasteiger partial charge in [-0.05, 0) is 37.9 Å². The van der Waals surface area contributed by atoms with Crippen molar-refractivity contribution in [1.82, 2.24) is 15.1 Å². The fourth-order valence-corrected chi connectivity index (χ4v) is 2.58. The third-order valence-electron chi connectivity index (χ3n) is 3.30. The van der Waals surface area contributed by atoms with Crippen LogP contribution in [0.4, 0.5) is 0 Å². The van der Waals surface area contributed by atoms with Gasteiger partial charge in [0.25, 0.3) is 0 Å². The zero-order chi connectivity index (χ0) is 13.8. The summed E-state index contributed by atoms with van der Waals surface area (Å²) in [5, 5.41) is 7.82. The van der Waals surface area contributed by atoms with Crippen LogP contribution < -0.4 is 5.32 Å². The molecule has 0 aliphatic rings. The van der Waals surface area contributed by atoms with Crippen molar-refractivity contribution in [2.75, 3.05) is 6.54 Å². The van der Waals surface area contributed by atoms with Crippen molar-refractivity contribution >= 4 is 0 Å². The maximum Gasteiger partial charge on any atom is 0.0522 e. The second-order valence-electron chi connectivity index (χ2n) is 5.26. The molecule has 0 amide bonds. The molecule has 0 saturated carbocycles. The molecule has 0 radical (unpaired) electrons. The molecule has 2 rings (SSSR count). The highest BCUT2D eigenvalue weighted by molar-refractivity contribution is 5.31. The van der Waals surface area contributed by atoms with Gasteiger partial charge < -0.3 is 5.32 Å². The van der Waals surface area contributed by atoms with E-state index in [1.54, 1.807) is 0 Å². The predicted molar refractivity (Wildman–Crippen MR) is 79.2 cm³/mol. The van der Waals surface area contributed by atoms with E-state index in [9.17, 15) is 0 Å². The molecule has 2 aromatic rings. The van der Waals surface area contributed by atoms with Crippen LogP contribution >= 0.6 is 0 Å². The lowest BCUT2D eigenvalue weighted by Crippen LogP contribution is -2.23. The summed E-state index contributed by atoms with van der Waals surface area (Å²) in [6.07, 6.45) is 5.02. The molecule has 1 unspecified atom stereocenters. The van der Waals surface area contributed by atoms with Crippen LogP contribution in [-0.4, -0.2) is 16.3 Å². The predicted octanol–water partition coefficient (Wildman–Crippen LogP) is 2.93. The van der Waals surface area contributed by atoms with Gasteiger partial charge >= 0.3 is 0 Å². The minimum absolute atomic E-state index is 0.354. The van der Waals surface area contributed by atoms with Crippen molar-refractivity contribution < 1.29 is 0 Å². The van der Waals surface area contributed by atoms with E-state index >= 15 is 0 Å². The second kappa shape index (κ2) is 6.02. The Morgan fingerprint density at radius 2 is 1.89 bits per heavy atom. The molecular weight excluding hydrogens is 234 g/mol. The molecule has 3 nitrogen and oxygen atoms in total.